The van der Waals surface area contributed by atoms with Crippen LogP contribution in [0.2, 0.25) is 0 Å². The smallest absolute Gasteiger partial charge is 0.220 e. The predicted molar refractivity (Wildman–Crippen MR) is 81.4 cm³/mol. The minimum Gasteiger partial charge on any atom is -0.494 e. The van der Waals surface area contributed by atoms with Crippen molar-refractivity contribution in [3.63, 3.8) is 0 Å². The van der Waals surface area contributed by atoms with Crippen LogP contribution in [0.5, 0.6) is 5.75 Å². The number of hydrogen-bond acceptors (Lipinski definition) is 4. The summed E-state index contributed by atoms with van der Waals surface area (Å²) in [6, 6.07) is 7.70. The molecule has 5 heteroatoms. The Labute approximate surface area is 126 Å². The van der Waals surface area contributed by atoms with Gasteiger partial charge < -0.3 is 19.9 Å². The molecule has 0 aromatic heterocycles. The molecule has 0 bridgehead atoms. The maximum atomic E-state index is 11.8. The Morgan fingerprint density at radius 1 is 1.43 bits per heavy atom. The third-order valence-corrected chi connectivity index (χ3v) is 3.02. The van der Waals surface area contributed by atoms with Crippen LogP contribution in [0, 0.1) is 6.92 Å². The second-order valence-corrected chi connectivity index (χ2v) is 5.00. The minimum absolute atomic E-state index is 0.0325. The van der Waals surface area contributed by atoms with Crippen molar-refractivity contribution in [1.82, 2.24) is 5.32 Å². The monoisotopic (exact) mass is 295 g/mol. The second-order valence-electron chi connectivity index (χ2n) is 5.00. The second kappa shape index (κ2) is 10.2. The standard InChI is InChI=1S/C16H25NO4/c1-13-5-3-6-15(11-13)21-10-4-7-16(19)17-14(8-9-18)12-20-2/h3,5-6,11,14,18H,4,7-10,12H2,1-2H3,(H,17,19). The summed E-state index contributed by atoms with van der Waals surface area (Å²) >= 11 is 0. The molecular weight excluding hydrogens is 270 g/mol. The molecule has 1 aromatic rings. The number of rotatable bonds is 10. The van der Waals surface area contributed by atoms with E-state index < -0.39 is 0 Å². The van der Waals surface area contributed by atoms with Crippen molar-refractivity contribution in [1.29, 1.82) is 0 Å². The quantitative estimate of drug-likeness (QED) is 0.644. The molecule has 0 saturated heterocycles. The molecule has 21 heavy (non-hydrogen) atoms. The van der Waals surface area contributed by atoms with Crippen molar-refractivity contribution in [2.24, 2.45) is 0 Å². The van der Waals surface area contributed by atoms with Crippen molar-refractivity contribution >= 4 is 5.91 Å². The van der Waals surface area contributed by atoms with Gasteiger partial charge in [-0.05, 0) is 37.5 Å². The summed E-state index contributed by atoms with van der Waals surface area (Å²) in [6.07, 6.45) is 1.55. The average Bonchev–Trinajstić information content (AvgIpc) is 2.44. The molecule has 0 saturated carbocycles. The first kappa shape index (κ1) is 17.5. The lowest BCUT2D eigenvalue weighted by molar-refractivity contribution is -0.122. The highest BCUT2D eigenvalue weighted by molar-refractivity contribution is 5.76. The van der Waals surface area contributed by atoms with Crippen molar-refractivity contribution in [2.45, 2.75) is 32.2 Å². The summed E-state index contributed by atoms with van der Waals surface area (Å²) in [7, 11) is 1.58. The first-order valence-corrected chi connectivity index (χ1v) is 7.24. The number of methoxy groups -OCH3 is 1. The summed E-state index contributed by atoms with van der Waals surface area (Å²) in [5.74, 6) is 0.784. The summed E-state index contributed by atoms with van der Waals surface area (Å²) < 4.78 is 10.6. The van der Waals surface area contributed by atoms with Gasteiger partial charge in [-0.1, -0.05) is 12.1 Å². The molecule has 1 rings (SSSR count). The van der Waals surface area contributed by atoms with Gasteiger partial charge in [0.2, 0.25) is 5.91 Å². The van der Waals surface area contributed by atoms with Crippen LogP contribution in [0.4, 0.5) is 0 Å². The molecule has 0 spiro atoms. The number of hydrogen-bond donors (Lipinski definition) is 2. The number of aliphatic hydroxyl groups is 1. The van der Waals surface area contributed by atoms with E-state index in [1.807, 2.05) is 31.2 Å². The maximum absolute atomic E-state index is 11.8. The first-order valence-electron chi connectivity index (χ1n) is 7.24. The summed E-state index contributed by atoms with van der Waals surface area (Å²) in [5.41, 5.74) is 1.15. The molecule has 118 valence electrons. The molecular formula is C16H25NO4. The molecule has 0 heterocycles. The van der Waals surface area contributed by atoms with Crippen molar-refractivity contribution in [2.75, 3.05) is 26.9 Å². The van der Waals surface area contributed by atoms with E-state index in [4.69, 9.17) is 14.6 Å². The average molecular weight is 295 g/mol. The number of carbonyl (C=O) groups excluding carboxylic acids is 1. The highest BCUT2D eigenvalue weighted by atomic mass is 16.5. The van der Waals surface area contributed by atoms with E-state index in [-0.39, 0.29) is 18.6 Å². The van der Waals surface area contributed by atoms with Crippen LogP contribution >= 0.6 is 0 Å². The largest absolute Gasteiger partial charge is 0.494 e. The van der Waals surface area contributed by atoms with Crippen LogP contribution in [-0.2, 0) is 9.53 Å². The van der Waals surface area contributed by atoms with Gasteiger partial charge >= 0.3 is 0 Å². The number of carbonyl (C=O) groups is 1. The Kier molecular flexibility index (Phi) is 8.47. The number of aliphatic hydroxyl groups excluding tert-OH is 1. The molecule has 1 amide bonds. The van der Waals surface area contributed by atoms with Crippen molar-refractivity contribution in [3.05, 3.63) is 29.8 Å². The highest BCUT2D eigenvalue weighted by Crippen LogP contribution is 2.12. The SMILES string of the molecule is COCC(CCO)NC(=O)CCCOc1cccc(C)c1. The van der Waals surface area contributed by atoms with E-state index in [1.54, 1.807) is 7.11 Å². The fourth-order valence-electron chi connectivity index (χ4n) is 1.98. The van der Waals surface area contributed by atoms with Crippen molar-refractivity contribution < 1.29 is 19.4 Å². The van der Waals surface area contributed by atoms with E-state index >= 15 is 0 Å². The van der Waals surface area contributed by atoms with Gasteiger partial charge in [0.25, 0.3) is 0 Å². The normalized spacial score (nSPS) is 12.0. The summed E-state index contributed by atoms with van der Waals surface area (Å²) in [6.45, 7) is 2.96. The van der Waals surface area contributed by atoms with Gasteiger partial charge in [-0.2, -0.15) is 0 Å². The lowest BCUT2D eigenvalue weighted by atomic mass is 10.2. The fourth-order valence-corrected chi connectivity index (χ4v) is 1.98. The highest BCUT2D eigenvalue weighted by Gasteiger charge is 2.11. The zero-order valence-electron chi connectivity index (χ0n) is 12.8. The van der Waals surface area contributed by atoms with Gasteiger partial charge in [0.15, 0.2) is 0 Å². The molecule has 1 atom stereocenters. The van der Waals surface area contributed by atoms with Gasteiger partial charge in [0, 0.05) is 20.1 Å². The number of nitrogens with one attached hydrogen (secondary N) is 1. The topological polar surface area (TPSA) is 67.8 Å². The van der Waals surface area contributed by atoms with Crippen molar-refractivity contribution in [3.8, 4) is 5.75 Å². The third-order valence-electron chi connectivity index (χ3n) is 3.02. The van der Waals surface area contributed by atoms with Crippen LogP contribution in [-0.4, -0.2) is 44.0 Å². The Morgan fingerprint density at radius 3 is 2.90 bits per heavy atom. The molecule has 1 unspecified atom stereocenters. The van der Waals surface area contributed by atoms with E-state index in [0.717, 1.165) is 11.3 Å². The first-order chi connectivity index (χ1) is 10.2. The number of ether oxygens (including phenoxy) is 2. The molecule has 1 aromatic carbocycles. The maximum Gasteiger partial charge on any atom is 0.220 e. The number of amides is 1. The van der Waals surface area contributed by atoms with Crippen LogP contribution in [0.25, 0.3) is 0 Å². The van der Waals surface area contributed by atoms with E-state index in [0.29, 0.717) is 32.5 Å². The molecule has 0 fully saturated rings. The summed E-state index contributed by atoms with van der Waals surface area (Å²) in [5, 5.41) is 11.8. The Balaban J connectivity index is 2.20. The Bertz CT molecular complexity index is 416. The lowest BCUT2D eigenvalue weighted by Crippen LogP contribution is -2.38. The minimum atomic E-state index is -0.134. The van der Waals surface area contributed by atoms with Crippen LogP contribution in [0.1, 0.15) is 24.8 Å². The fraction of sp³-hybridized carbons (Fsp3) is 0.562. The zero-order valence-corrected chi connectivity index (χ0v) is 12.8. The van der Waals surface area contributed by atoms with Crippen LogP contribution in [0.3, 0.4) is 0 Å². The van der Waals surface area contributed by atoms with Gasteiger partial charge in [-0.15, -0.1) is 0 Å². The molecule has 2 N–H and O–H groups in total. The number of aryl methyl sites for hydroxylation is 1. The Hall–Kier alpha value is -1.59. The zero-order chi connectivity index (χ0) is 15.5. The van der Waals surface area contributed by atoms with Crippen LogP contribution < -0.4 is 10.1 Å². The lowest BCUT2D eigenvalue weighted by Gasteiger charge is -2.16. The third kappa shape index (κ3) is 7.68. The molecule has 0 aliphatic carbocycles. The van der Waals surface area contributed by atoms with E-state index in [2.05, 4.69) is 5.32 Å². The van der Waals surface area contributed by atoms with Gasteiger partial charge in [-0.3, -0.25) is 4.79 Å². The Morgan fingerprint density at radius 2 is 2.24 bits per heavy atom. The van der Waals surface area contributed by atoms with Gasteiger partial charge in [0.1, 0.15) is 5.75 Å². The molecule has 5 nitrogen and oxygen atoms in total. The summed E-state index contributed by atoms with van der Waals surface area (Å²) in [4.78, 5) is 11.8. The molecule has 0 aliphatic heterocycles. The molecule has 0 aliphatic rings. The van der Waals surface area contributed by atoms with E-state index in [1.165, 1.54) is 0 Å². The number of benzene rings is 1. The van der Waals surface area contributed by atoms with E-state index in [9.17, 15) is 4.79 Å². The predicted octanol–water partition coefficient (Wildman–Crippen LogP) is 1.67. The van der Waals surface area contributed by atoms with Crippen LogP contribution in [0.15, 0.2) is 24.3 Å². The molecule has 0 radical (unpaired) electrons. The van der Waals surface area contributed by atoms with Gasteiger partial charge in [-0.25, -0.2) is 0 Å². The van der Waals surface area contributed by atoms with Gasteiger partial charge in [0.05, 0.1) is 19.3 Å².